The normalized spacial score (nSPS) is 26.9. The number of H-pyrrole nitrogens is 1. The fraction of sp³-hybridized carbons (Fsp3) is 0.692. The number of carbonyl (C=O) groups excluding carboxylic acids is 1. The fourth-order valence-electron chi connectivity index (χ4n) is 3.02. The molecular formula is C13H20ClN5O2. The molecule has 2 saturated heterocycles. The van der Waals surface area contributed by atoms with E-state index in [1.807, 2.05) is 0 Å². The monoisotopic (exact) mass is 313 g/mol. The van der Waals surface area contributed by atoms with Crippen molar-refractivity contribution >= 4 is 23.3 Å². The predicted molar refractivity (Wildman–Crippen MR) is 79.3 cm³/mol. The maximum Gasteiger partial charge on any atom is 0.271 e. The second-order valence-corrected chi connectivity index (χ2v) is 5.96. The highest BCUT2D eigenvalue weighted by Crippen LogP contribution is 2.22. The molecule has 1 aromatic heterocycles. The van der Waals surface area contributed by atoms with Crippen molar-refractivity contribution in [3.8, 4) is 0 Å². The van der Waals surface area contributed by atoms with Gasteiger partial charge in [-0.2, -0.15) is 5.10 Å². The molecule has 2 fully saturated rings. The zero-order valence-electron chi connectivity index (χ0n) is 11.8. The lowest BCUT2D eigenvalue weighted by atomic mass is 10.0. The quantitative estimate of drug-likeness (QED) is 0.760. The summed E-state index contributed by atoms with van der Waals surface area (Å²) in [5.41, 5.74) is 5.75. The van der Waals surface area contributed by atoms with Crippen LogP contribution in [-0.2, 0) is 4.74 Å². The molecule has 0 aromatic carbocycles. The summed E-state index contributed by atoms with van der Waals surface area (Å²) in [4.78, 5) is 14.7. The molecule has 0 saturated carbocycles. The van der Waals surface area contributed by atoms with Gasteiger partial charge in [-0.25, -0.2) is 0 Å². The molecule has 8 heteroatoms. The minimum Gasteiger partial charge on any atom is -0.381 e. The number of nitrogen functional groups attached to an aromatic ring is 1. The third kappa shape index (κ3) is 3.00. The molecule has 116 valence electrons. The van der Waals surface area contributed by atoms with Crippen molar-refractivity contribution in [2.45, 2.75) is 31.3 Å². The van der Waals surface area contributed by atoms with Gasteiger partial charge in [0.25, 0.3) is 5.91 Å². The fourth-order valence-corrected chi connectivity index (χ4v) is 3.19. The van der Waals surface area contributed by atoms with E-state index in [-0.39, 0.29) is 34.5 Å². The van der Waals surface area contributed by atoms with E-state index in [9.17, 15) is 4.79 Å². The van der Waals surface area contributed by atoms with Crippen LogP contribution in [0.5, 0.6) is 0 Å². The van der Waals surface area contributed by atoms with Gasteiger partial charge in [-0.3, -0.25) is 14.8 Å². The van der Waals surface area contributed by atoms with Crippen LogP contribution in [0, 0.1) is 0 Å². The average Bonchev–Trinajstić information content (AvgIpc) is 3.08. The summed E-state index contributed by atoms with van der Waals surface area (Å²) in [6, 6.07) is 0.199. The van der Waals surface area contributed by atoms with E-state index in [0.717, 1.165) is 13.1 Å². The van der Waals surface area contributed by atoms with Crippen LogP contribution in [0.4, 0.5) is 5.82 Å². The molecule has 2 aliphatic heterocycles. The molecular weight excluding hydrogens is 294 g/mol. The Morgan fingerprint density at radius 3 is 2.81 bits per heavy atom. The summed E-state index contributed by atoms with van der Waals surface area (Å²) in [5.74, 6) is -0.154. The first-order valence-corrected chi connectivity index (χ1v) is 7.66. The number of anilines is 1. The molecule has 0 radical (unpaired) electrons. The van der Waals surface area contributed by atoms with Crippen molar-refractivity contribution in [2.24, 2.45) is 0 Å². The molecule has 21 heavy (non-hydrogen) atoms. The van der Waals surface area contributed by atoms with Crippen molar-refractivity contribution in [3.05, 3.63) is 10.7 Å². The second-order valence-electron chi connectivity index (χ2n) is 5.58. The number of hydrogen-bond acceptors (Lipinski definition) is 5. The first-order chi connectivity index (χ1) is 10.2. The summed E-state index contributed by atoms with van der Waals surface area (Å²) in [5, 5.41) is 9.45. The number of rotatable bonds is 3. The molecule has 2 unspecified atom stereocenters. The molecule has 7 nitrogen and oxygen atoms in total. The van der Waals surface area contributed by atoms with Crippen molar-refractivity contribution in [1.29, 1.82) is 0 Å². The van der Waals surface area contributed by atoms with Crippen LogP contribution in [0.3, 0.4) is 0 Å². The third-order valence-corrected chi connectivity index (χ3v) is 4.57. The average molecular weight is 314 g/mol. The Kier molecular flexibility index (Phi) is 4.32. The molecule has 2 atom stereocenters. The minimum absolute atomic E-state index is 0.0313. The number of hydrogen-bond donors (Lipinski definition) is 3. The Balaban J connectivity index is 1.65. The molecule has 3 rings (SSSR count). The number of piperidine rings is 1. The standard InChI is InChI=1S/C13H20ClN5O2/c14-10-11(17-18-12(10)15)13(20)16-8-6-21-7-9(8)19-4-2-1-3-5-19/h8-9H,1-7H2,(H,16,20)(H3,15,17,18). The topological polar surface area (TPSA) is 96.3 Å². The lowest BCUT2D eigenvalue weighted by Gasteiger charge is -2.34. The Bertz CT molecular complexity index is 515. The van der Waals surface area contributed by atoms with Gasteiger partial charge in [0.1, 0.15) is 10.7 Å². The maximum absolute atomic E-state index is 12.3. The first kappa shape index (κ1) is 14.6. The molecule has 0 aliphatic carbocycles. The van der Waals surface area contributed by atoms with Crippen molar-refractivity contribution in [1.82, 2.24) is 20.4 Å². The van der Waals surface area contributed by atoms with Crippen LogP contribution in [0.2, 0.25) is 5.02 Å². The number of nitrogens with two attached hydrogens (primary N) is 1. The highest BCUT2D eigenvalue weighted by atomic mass is 35.5. The molecule has 2 aliphatic rings. The number of carbonyl (C=O) groups is 1. The maximum atomic E-state index is 12.3. The number of nitrogens with one attached hydrogen (secondary N) is 2. The van der Waals surface area contributed by atoms with Crippen LogP contribution >= 0.6 is 11.6 Å². The number of likely N-dealkylation sites (tertiary alicyclic amines) is 1. The zero-order chi connectivity index (χ0) is 14.8. The first-order valence-electron chi connectivity index (χ1n) is 7.29. The Morgan fingerprint density at radius 2 is 2.14 bits per heavy atom. The summed E-state index contributed by atoms with van der Waals surface area (Å²) in [7, 11) is 0. The van der Waals surface area contributed by atoms with Crippen LogP contribution in [0.15, 0.2) is 0 Å². The number of aromatic amines is 1. The SMILES string of the molecule is Nc1n[nH]c(C(=O)NC2COCC2N2CCCCC2)c1Cl. The van der Waals surface area contributed by atoms with Crippen LogP contribution in [-0.4, -0.2) is 59.4 Å². The molecule has 4 N–H and O–H groups in total. The lowest BCUT2D eigenvalue weighted by Crippen LogP contribution is -2.52. The molecule has 0 spiro atoms. The number of aromatic nitrogens is 2. The Labute approximate surface area is 128 Å². The third-order valence-electron chi connectivity index (χ3n) is 4.19. The van der Waals surface area contributed by atoms with E-state index < -0.39 is 0 Å². The van der Waals surface area contributed by atoms with Gasteiger partial charge in [-0.05, 0) is 25.9 Å². The highest BCUT2D eigenvalue weighted by molar-refractivity contribution is 6.35. The van der Waals surface area contributed by atoms with Crippen molar-refractivity contribution in [3.63, 3.8) is 0 Å². The second kappa shape index (κ2) is 6.21. The van der Waals surface area contributed by atoms with E-state index in [1.165, 1.54) is 19.3 Å². The van der Waals surface area contributed by atoms with Gasteiger partial charge in [0.05, 0.1) is 25.3 Å². The van der Waals surface area contributed by atoms with Gasteiger partial charge in [0, 0.05) is 0 Å². The highest BCUT2D eigenvalue weighted by Gasteiger charge is 2.35. The van der Waals surface area contributed by atoms with Gasteiger partial charge in [-0.15, -0.1) is 0 Å². The largest absolute Gasteiger partial charge is 0.381 e. The van der Waals surface area contributed by atoms with E-state index in [0.29, 0.717) is 13.2 Å². The van der Waals surface area contributed by atoms with E-state index in [4.69, 9.17) is 22.1 Å². The number of ether oxygens (including phenoxy) is 1. The van der Waals surface area contributed by atoms with Gasteiger partial charge in [0.15, 0.2) is 5.82 Å². The zero-order valence-corrected chi connectivity index (χ0v) is 12.5. The van der Waals surface area contributed by atoms with Crippen LogP contribution in [0.25, 0.3) is 0 Å². The van der Waals surface area contributed by atoms with Gasteiger partial charge in [0.2, 0.25) is 0 Å². The van der Waals surface area contributed by atoms with E-state index in [1.54, 1.807) is 0 Å². The van der Waals surface area contributed by atoms with Crippen molar-refractivity contribution < 1.29 is 9.53 Å². The van der Waals surface area contributed by atoms with Crippen molar-refractivity contribution in [2.75, 3.05) is 32.0 Å². The van der Waals surface area contributed by atoms with E-state index in [2.05, 4.69) is 20.4 Å². The molecule has 3 heterocycles. The molecule has 0 bridgehead atoms. The predicted octanol–water partition coefficient (Wildman–Crippen LogP) is 0.628. The summed E-state index contributed by atoms with van der Waals surface area (Å²) >= 11 is 5.95. The van der Waals surface area contributed by atoms with Crippen LogP contribution in [0.1, 0.15) is 29.8 Å². The number of amides is 1. The number of halogens is 1. The molecule has 1 amide bonds. The van der Waals surface area contributed by atoms with Gasteiger partial charge < -0.3 is 15.8 Å². The Morgan fingerprint density at radius 1 is 1.38 bits per heavy atom. The summed E-state index contributed by atoms with van der Waals surface area (Å²) < 4.78 is 5.56. The lowest BCUT2D eigenvalue weighted by molar-refractivity contribution is 0.0895. The molecule has 1 aromatic rings. The van der Waals surface area contributed by atoms with Gasteiger partial charge in [-0.1, -0.05) is 18.0 Å². The Hall–Kier alpha value is -1.31. The van der Waals surface area contributed by atoms with E-state index >= 15 is 0 Å². The van der Waals surface area contributed by atoms with Gasteiger partial charge >= 0.3 is 0 Å². The smallest absolute Gasteiger partial charge is 0.271 e. The minimum atomic E-state index is -0.290. The summed E-state index contributed by atoms with van der Waals surface area (Å²) in [6.07, 6.45) is 3.70. The summed E-state index contributed by atoms with van der Waals surface area (Å²) in [6.45, 7) is 3.31. The number of nitrogens with zero attached hydrogens (tertiary/aromatic N) is 2. The van der Waals surface area contributed by atoms with Crippen LogP contribution < -0.4 is 11.1 Å².